The van der Waals surface area contributed by atoms with Gasteiger partial charge in [-0.25, -0.2) is 4.79 Å². The van der Waals surface area contributed by atoms with E-state index in [0.29, 0.717) is 27.3 Å². The Balaban J connectivity index is 1.82. The van der Waals surface area contributed by atoms with Crippen LogP contribution in [0.15, 0.2) is 35.5 Å². The van der Waals surface area contributed by atoms with E-state index in [1.54, 1.807) is 19.1 Å². The number of hydrogen-bond donors (Lipinski definition) is 3. The van der Waals surface area contributed by atoms with Crippen LogP contribution in [0, 0.1) is 5.92 Å². The average molecular weight is 367 g/mol. The van der Waals surface area contributed by atoms with E-state index in [9.17, 15) is 9.90 Å². The number of nitrogens with one attached hydrogen (secondary N) is 2. The van der Waals surface area contributed by atoms with E-state index in [1.165, 1.54) is 0 Å². The lowest BCUT2D eigenvalue weighted by Crippen LogP contribution is -2.51. The molecule has 3 rings (SSSR count). The minimum Gasteiger partial charge on any atom is -0.454 e. The molecular formula is C17H19ClN2O3S. The molecule has 1 fully saturated rings. The molecule has 1 saturated carbocycles. The van der Waals surface area contributed by atoms with Crippen LogP contribution in [0.3, 0.4) is 0 Å². The summed E-state index contributed by atoms with van der Waals surface area (Å²) in [5.74, 6) is -0.116. The number of rotatable bonds is 5. The fraction of sp³-hybridized carbons (Fsp3) is 0.412. The number of esters is 1. The largest absolute Gasteiger partial charge is 0.454 e. The monoisotopic (exact) mass is 366 g/mol. The second-order valence-corrected chi connectivity index (χ2v) is 6.93. The minimum absolute atomic E-state index is 0.237. The van der Waals surface area contributed by atoms with E-state index in [2.05, 4.69) is 10.6 Å². The fourth-order valence-corrected chi connectivity index (χ4v) is 3.29. The van der Waals surface area contributed by atoms with E-state index >= 15 is 0 Å². The molecule has 1 heterocycles. The number of thiocarbonyl (C=S) groups is 1. The van der Waals surface area contributed by atoms with Gasteiger partial charge in [0, 0.05) is 16.6 Å². The van der Waals surface area contributed by atoms with Crippen molar-refractivity contribution in [2.75, 3.05) is 6.61 Å². The van der Waals surface area contributed by atoms with E-state index in [1.807, 2.05) is 12.1 Å². The quantitative estimate of drug-likeness (QED) is 0.549. The Kier molecular flexibility index (Phi) is 5.08. The molecule has 24 heavy (non-hydrogen) atoms. The van der Waals surface area contributed by atoms with Crippen LogP contribution in [0.5, 0.6) is 0 Å². The van der Waals surface area contributed by atoms with Crippen molar-refractivity contribution in [3.8, 4) is 0 Å². The zero-order valence-corrected chi connectivity index (χ0v) is 14.8. The number of benzene rings is 1. The smallest absolute Gasteiger partial charge is 0.338 e. The molecule has 0 radical (unpaired) electrons. The molecule has 1 aliphatic carbocycles. The number of allylic oxidation sites excluding steroid dienone is 1. The standard InChI is InChI=1S/C17H19ClN2O3S/c1-9-14(13(8-21)20-17(24)19-9)16(22)23-15(10-2-3-10)11-4-6-12(18)7-5-11/h4-7,10,13,15,21H,2-3,8H2,1H3,(H2,19,20,24). The van der Waals surface area contributed by atoms with Crippen molar-refractivity contribution in [1.29, 1.82) is 0 Å². The molecule has 7 heteroatoms. The molecule has 0 aromatic heterocycles. The van der Waals surface area contributed by atoms with Gasteiger partial charge in [-0.1, -0.05) is 23.7 Å². The summed E-state index contributed by atoms with van der Waals surface area (Å²) in [6.45, 7) is 1.51. The van der Waals surface area contributed by atoms with Crippen molar-refractivity contribution in [3.05, 3.63) is 46.1 Å². The first kappa shape index (κ1) is 17.2. The van der Waals surface area contributed by atoms with Crippen molar-refractivity contribution in [2.45, 2.75) is 31.9 Å². The third-order valence-electron chi connectivity index (χ3n) is 4.24. The molecule has 3 N–H and O–H groups in total. The summed E-state index contributed by atoms with van der Waals surface area (Å²) >= 11 is 11.0. The molecule has 5 nitrogen and oxygen atoms in total. The Morgan fingerprint density at radius 1 is 1.42 bits per heavy atom. The second kappa shape index (κ2) is 7.09. The van der Waals surface area contributed by atoms with Crippen molar-refractivity contribution in [3.63, 3.8) is 0 Å². The first-order valence-electron chi connectivity index (χ1n) is 7.85. The second-order valence-electron chi connectivity index (χ2n) is 6.09. The SMILES string of the molecule is CC1=C(C(=O)OC(c2ccc(Cl)cc2)C2CC2)C(CO)NC(=S)N1. The summed E-state index contributed by atoms with van der Waals surface area (Å²) in [4.78, 5) is 12.7. The molecule has 0 amide bonds. The molecular weight excluding hydrogens is 348 g/mol. The third-order valence-corrected chi connectivity index (χ3v) is 4.72. The van der Waals surface area contributed by atoms with Crippen LogP contribution in [0.25, 0.3) is 0 Å². The van der Waals surface area contributed by atoms with Crippen LogP contribution in [0.1, 0.15) is 31.4 Å². The van der Waals surface area contributed by atoms with Crippen LogP contribution in [-0.2, 0) is 9.53 Å². The van der Waals surface area contributed by atoms with Gasteiger partial charge >= 0.3 is 5.97 Å². The normalized spacial score (nSPS) is 21.8. The summed E-state index contributed by atoms with van der Waals surface area (Å²) in [7, 11) is 0. The molecule has 0 saturated heterocycles. The van der Waals surface area contributed by atoms with Crippen LogP contribution in [-0.4, -0.2) is 28.8 Å². The zero-order chi connectivity index (χ0) is 17.3. The summed E-state index contributed by atoms with van der Waals surface area (Å²) in [6.07, 6.45) is 1.76. The van der Waals surface area contributed by atoms with Crippen molar-refractivity contribution < 1.29 is 14.6 Å². The molecule has 1 aromatic rings. The fourth-order valence-electron chi connectivity index (χ4n) is 2.86. The van der Waals surface area contributed by atoms with Gasteiger partial charge in [0.25, 0.3) is 0 Å². The minimum atomic E-state index is -0.559. The number of aliphatic hydroxyl groups is 1. The van der Waals surface area contributed by atoms with Gasteiger partial charge in [-0.2, -0.15) is 0 Å². The molecule has 2 unspecified atom stereocenters. The maximum absolute atomic E-state index is 12.7. The summed E-state index contributed by atoms with van der Waals surface area (Å²) < 4.78 is 5.80. The van der Waals surface area contributed by atoms with Gasteiger partial charge < -0.3 is 20.5 Å². The van der Waals surface area contributed by atoms with Gasteiger partial charge in [0.1, 0.15) is 6.10 Å². The number of hydrogen-bond acceptors (Lipinski definition) is 4. The Bertz CT molecular complexity index is 686. The van der Waals surface area contributed by atoms with E-state index in [0.717, 1.165) is 18.4 Å². The maximum atomic E-state index is 12.7. The van der Waals surface area contributed by atoms with Gasteiger partial charge in [-0.15, -0.1) is 0 Å². The van der Waals surface area contributed by atoms with Crippen LogP contribution in [0.2, 0.25) is 5.02 Å². The van der Waals surface area contributed by atoms with Gasteiger partial charge in [-0.3, -0.25) is 0 Å². The third kappa shape index (κ3) is 3.71. The van der Waals surface area contributed by atoms with Crippen molar-refractivity contribution >= 4 is 34.9 Å². The highest BCUT2D eigenvalue weighted by Gasteiger charge is 2.38. The number of halogens is 1. The highest BCUT2D eigenvalue weighted by Crippen LogP contribution is 2.44. The molecule has 2 atom stereocenters. The van der Waals surface area contributed by atoms with E-state index in [4.69, 9.17) is 28.6 Å². The summed E-state index contributed by atoms with van der Waals surface area (Å²) in [5, 5.41) is 16.4. The van der Waals surface area contributed by atoms with Crippen LogP contribution >= 0.6 is 23.8 Å². The Morgan fingerprint density at radius 2 is 2.08 bits per heavy atom. The first-order chi connectivity index (χ1) is 11.5. The lowest BCUT2D eigenvalue weighted by molar-refractivity contribution is -0.146. The van der Waals surface area contributed by atoms with Gasteiger partial charge in [0.2, 0.25) is 0 Å². The summed E-state index contributed by atoms with van der Waals surface area (Å²) in [5.41, 5.74) is 1.92. The summed E-state index contributed by atoms with van der Waals surface area (Å²) in [6, 6.07) is 6.80. The van der Waals surface area contributed by atoms with Gasteiger partial charge in [-0.05, 0) is 49.7 Å². The predicted octanol–water partition coefficient (Wildman–Crippen LogP) is 2.45. The molecule has 0 bridgehead atoms. The van der Waals surface area contributed by atoms with Gasteiger partial charge in [0.05, 0.1) is 18.2 Å². The van der Waals surface area contributed by atoms with E-state index in [-0.39, 0.29) is 12.7 Å². The lowest BCUT2D eigenvalue weighted by atomic mass is 10.0. The first-order valence-corrected chi connectivity index (χ1v) is 8.63. The lowest BCUT2D eigenvalue weighted by Gasteiger charge is -2.29. The Hall–Kier alpha value is -1.63. The van der Waals surface area contributed by atoms with Crippen molar-refractivity contribution in [2.24, 2.45) is 5.92 Å². The highest BCUT2D eigenvalue weighted by atomic mass is 35.5. The average Bonchev–Trinajstić information content (AvgIpc) is 3.37. The number of carbonyl (C=O) groups is 1. The molecule has 128 valence electrons. The number of ether oxygens (including phenoxy) is 1. The predicted molar refractivity (Wildman–Crippen MR) is 95.5 cm³/mol. The van der Waals surface area contributed by atoms with E-state index < -0.39 is 12.0 Å². The molecule has 1 aliphatic heterocycles. The molecule has 2 aliphatic rings. The van der Waals surface area contributed by atoms with Gasteiger partial charge in [0.15, 0.2) is 5.11 Å². The molecule has 0 spiro atoms. The number of aliphatic hydroxyl groups excluding tert-OH is 1. The highest BCUT2D eigenvalue weighted by molar-refractivity contribution is 7.80. The van der Waals surface area contributed by atoms with Crippen LogP contribution < -0.4 is 10.6 Å². The Morgan fingerprint density at radius 3 is 2.67 bits per heavy atom. The maximum Gasteiger partial charge on any atom is 0.338 e. The number of carbonyl (C=O) groups excluding carboxylic acids is 1. The van der Waals surface area contributed by atoms with Crippen LogP contribution in [0.4, 0.5) is 0 Å². The van der Waals surface area contributed by atoms with Crippen molar-refractivity contribution in [1.82, 2.24) is 10.6 Å². The topological polar surface area (TPSA) is 70.6 Å². The Labute approximate surface area is 151 Å². The molecule has 1 aromatic carbocycles. The zero-order valence-electron chi connectivity index (χ0n) is 13.2.